The highest BCUT2D eigenvalue weighted by Gasteiger charge is 2.26. The Labute approximate surface area is 177 Å². The molecule has 0 saturated heterocycles. The van der Waals surface area contributed by atoms with Crippen LogP contribution < -0.4 is 16.4 Å². The average Bonchev–Trinajstić information content (AvgIpc) is 3.48. The van der Waals surface area contributed by atoms with Crippen LogP contribution in [0.4, 0.5) is 5.95 Å². The first-order valence-corrected chi connectivity index (χ1v) is 11.3. The van der Waals surface area contributed by atoms with Gasteiger partial charge in [0.2, 0.25) is 5.95 Å². The van der Waals surface area contributed by atoms with E-state index in [1.54, 1.807) is 6.20 Å². The molecule has 2 aromatic rings. The lowest BCUT2D eigenvalue weighted by molar-refractivity contribution is 0.353. The van der Waals surface area contributed by atoms with Gasteiger partial charge in [0.25, 0.3) is 0 Å². The van der Waals surface area contributed by atoms with E-state index in [1.165, 1.54) is 18.5 Å². The van der Waals surface area contributed by atoms with Crippen LogP contribution in [0.5, 0.6) is 0 Å². The van der Waals surface area contributed by atoms with E-state index in [2.05, 4.69) is 20.7 Å². The summed E-state index contributed by atoms with van der Waals surface area (Å²) in [6, 6.07) is 0.998. The van der Waals surface area contributed by atoms with Crippen LogP contribution in [0.3, 0.4) is 0 Å². The minimum Gasteiger partial charge on any atom is -0.351 e. The zero-order valence-electron chi connectivity index (χ0n) is 17.2. The summed E-state index contributed by atoms with van der Waals surface area (Å²) in [7, 11) is 2.00. The van der Waals surface area contributed by atoms with Gasteiger partial charge in [0.15, 0.2) is 0 Å². The molecule has 0 unspecified atom stereocenters. The summed E-state index contributed by atoms with van der Waals surface area (Å²) < 4.78 is 1.96. The summed E-state index contributed by atoms with van der Waals surface area (Å²) in [5, 5.41) is 12.2. The number of nitrogens with two attached hydrogens (primary N) is 1. The fraction of sp³-hybridized carbons (Fsp3) is 0.667. The van der Waals surface area contributed by atoms with E-state index in [1.807, 2.05) is 17.9 Å². The molecule has 2 saturated carbocycles. The van der Waals surface area contributed by atoms with Crippen LogP contribution in [0, 0.1) is 5.92 Å². The van der Waals surface area contributed by atoms with Crippen molar-refractivity contribution in [3.05, 3.63) is 23.1 Å². The van der Waals surface area contributed by atoms with Crippen molar-refractivity contribution < 1.29 is 0 Å². The van der Waals surface area contributed by atoms with Gasteiger partial charge in [-0.1, -0.05) is 11.6 Å². The quantitative estimate of drug-likeness (QED) is 0.542. The standard InChI is InChI=1S/C21H32ClN7/c1-29-19(11-14-3-4-14)17(12-26-29)20-18(22)13-25-21(28-20)27-16-7-5-15(6-8-16)24-10-2-9-23/h12-16,24H,2-11,23H2,1H3,(H,25,27,28)/t15-,16-. The Morgan fingerprint density at radius 2 is 1.90 bits per heavy atom. The zero-order chi connectivity index (χ0) is 20.2. The van der Waals surface area contributed by atoms with E-state index >= 15 is 0 Å². The summed E-state index contributed by atoms with van der Waals surface area (Å²) >= 11 is 6.48. The van der Waals surface area contributed by atoms with Gasteiger partial charge in [-0.25, -0.2) is 9.97 Å². The van der Waals surface area contributed by atoms with Crippen LogP contribution in [0.1, 0.15) is 50.6 Å². The Hall–Kier alpha value is -1.70. The first-order chi connectivity index (χ1) is 14.1. The fourth-order valence-corrected chi connectivity index (χ4v) is 4.35. The first kappa shape index (κ1) is 20.6. The number of rotatable bonds is 9. The lowest BCUT2D eigenvalue weighted by atomic mass is 9.91. The summed E-state index contributed by atoms with van der Waals surface area (Å²) in [5.74, 6) is 1.43. The Morgan fingerprint density at radius 1 is 1.14 bits per heavy atom. The minimum atomic E-state index is 0.399. The maximum absolute atomic E-state index is 6.48. The summed E-state index contributed by atoms with van der Waals surface area (Å²) in [6.45, 7) is 1.76. The van der Waals surface area contributed by atoms with Gasteiger partial charge in [-0.05, 0) is 70.4 Å². The third-order valence-corrected chi connectivity index (χ3v) is 6.39. The van der Waals surface area contributed by atoms with Gasteiger partial charge in [0, 0.05) is 30.4 Å². The molecule has 0 atom stereocenters. The van der Waals surface area contributed by atoms with Gasteiger partial charge in [-0.2, -0.15) is 5.10 Å². The molecule has 2 fully saturated rings. The molecule has 2 aliphatic rings. The number of nitrogens with one attached hydrogen (secondary N) is 2. The lowest BCUT2D eigenvalue weighted by Gasteiger charge is -2.29. The normalized spacial score (nSPS) is 22.0. The van der Waals surface area contributed by atoms with Gasteiger partial charge in [-0.3, -0.25) is 4.68 Å². The molecule has 0 aliphatic heterocycles. The zero-order valence-corrected chi connectivity index (χ0v) is 18.0. The van der Waals surface area contributed by atoms with Gasteiger partial charge >= 0.3 is 0 Å². The number of nitrogens with zero attached hydrogens (tertiary/aromatic N) is 4. The molecule has 29 heavy (non-hydrogen) atoms. The van der Waals surface area contributed by atoms with Gasteiger partial charge < -0.3 is 16.4 Å². The molecule has 0 radical (unpaired) electrons. The molecule has 2 heterocycles. The molecule has 2 aliphatic carbocycles. The van der Waals surface area contributed by atoms with Crippen molar-refractivity contribution in [2.75, 3.05) is 18.4 Å². The van der Waals surface area contributed by atoms with Crippen LogP contribution >= 0.6 is 11.6 Å². The monoisotopic (exact) mass is 417 g/mol. The fourth-order valence-electron chi connectivity index (χ4n) is 4.16. The number of halogens is 1. The second-order valence-corrected chi connectivity index (χ2v) is 8.86. The molecule has 0 bridgehead atoms. The van der Waals surface area contributed by atoms with Crippen LogP contribution in [-0.4, -0.2) is 44.9 Å². The Bertz CT molecular complexity index is 809. The molecule has 0 aromatic carbocycles. The molecule has 2 aromatic heterocycles. The van der Waals surface area contributed by atoms with Crippen molar-refractivity contribution in [1.82, 2.24) is 25.1 Å². The second-order valence-electron chi connectivity index (χ2n) is 8.46. The van der Waals surface area contributed by atoms with E-state index in [0.717, 1.165) is 68.8 Å². The number of hydrogen-bond donors (Lipinski definition) is 3. The summed E-state index contributed by atoms with van der Waals surface area (Å²) in [6.07, 6.45) is 12.8. The number of aromatic nitrogens is 4. The number of aryl methyl sites for hydroxylation is 1. The number of hydrogen-bond acceptors (Lipinski definition) is 6. The molecule has 7 nitrogen and oxygen atoms in total. The topological polar surface area (TPSA) is 93.7 Å². The maximum Gasteiger partial charge on any atom is 0.223 e. The van der Waals surface area contributed by atoms with Crippen LogP contribution in [0.2, 0.25) is 5.02 Å². The lowest BCUT2D eigenvalue weighted by Crippen LogP contribution is -2.38. The van der Waals surface area contributed by atoms with E-state index in [-0.39, 0.29) is 0 Å². The van der Waals surface area contributed by atoms with Gasteiger partial charge in [-0.15, -0.1) is 0 Å². The van der Waals surface area contributed by atoms with E-state index in [0.29, 0.717) is 23.1 Å². The highest BCUT2D eigenvalue weighted by atomic mass is 35.5. The van der Waals surface area contributed by atoms with E-state index in [4.69, 9.17) is 22.3 Å². The first-order valence-electron chi connectivity index (χ1n) is 10.9. The van der Waals surface area contributed by atoms with Crippen LogP contribution in [0.25, 0.3) is 11.3 Å². The summed E-state index contributed by atoms with van der Waals surface area (Å²) in [5.41, 5.74) is 8.60. The molecular formula is C21H32ClN7. The molecule has 4 N–H and O–H groups in total. The summed E-state index contributed by atoms with van der Waals surface area (Å²) in [4.78, 5) is 9.22. The largest absolute Gasteiger partial charge is 0.351 e. The Balaban J connectivity index is 1.41. The van der Waals surface area contributed by atoms with Crippen molar-refractivity contribution in [3.63, 3.8) is 0 Å². The third kappa shape index (κ3) is 5.27. The van der Waals surface area contributed by atoms with E-state index < -0.39 is 0 Å². The minimum absolute atomic E-state index is 0.399. The van der Waals surface area contributed by atoms with Crippen molar-refractivity contribution in [2.24, 2.45) is 18.7 Å². The number of anilines is 1. The SMILES string of the molecule is Cn1ncc(-c2nc(N[C@H]3CC[C@H](NCCCN)CC3)ncc2Cl)c1CC1CC1. The van der Waals surface area contributed by atoms with Crippen molar-refractivity contribution in [1.29, 1.82) is 0 Å². The van der Waals surface area contributed by atoms with Crippen LogP contribution in [-0.2, 0) is 13.5 Å². The molecule has 4 rings (SSSR count). The molecule has 0 amide bonds. The third-order valence-electron chi connectivity index (χ3n) is 6.11. The highest BCUT2D eigenvalue weighted by Crippen LogP contribution is 2.37. The van der Waals surface area contributed by atoms with E-state index in [9.17, 15) is 0 Å². The predicted octanol–water partition coefficient (Wildman–Crippen LogP) is 3.14. The molecule has 158 valence electrons. The molecular weight excluding hydrogens is 386 g/mol. The van der Waals surface area contributed by atoms with Crippen molar-refractivity contribution in [2.45, 2.75) is 63.5 Å². The maximum atomic E-state index is 6.48. The second kappa shape index (κ2) is 9.41. The average molecular weight is 418 g/mol. The highest BCUT2D eigenvalue weighted by molar-refractivity contribution is 6.32. The van der Waals surface area contributed by atoms with Gasteiger partial charge in [0.05, 0.1) is 23.1 Å². The van der Waals surface area contributed by atoms with Crippen molar-refractivity contribution >= 4 is 17.5 Å². The van der Waals surface area contributed by atoms with Gasteiger partial charge in [0.1, 0.15) is 0 Å². The molecule has 0 spiro atoms. The smallest absolute Gasteiger partial charge is 0.223 e. The predicted molar refractivity (Wildman–Crippen MR) is 117 cm³/mol. The Kier molecular flexibility index (Phi) is 6.67. The van der Waals surface area contributed by atoms with Crippen molar-refractivity contribution in [3.8, 4) is 11.3 Å². The Morgan fingerprint density at radius 3 is 2.62 bits per heavy atom. The van der Waals surface area contributed by atoms with Crippen LogP contribution in [0.15, 0.2) is 12.4 Å². The molecule has 8 heteroatoms.